The molecular formula is C15H17BO3. The summed E-state index contributed by atoms with van der Waals surface area (Å²) in [6.07, 6.45) is 2.56. The molecule has 0 N–H and O–H groups in total. The van der Waals surface area contributed by atoms with Crippen LogP contribution in [0.1, 0.15) is 26.3 Å². The Kier molecular flexibility index (Phi) is 2.09. The van der Waals surface area contributed by atoms with Crippen molar-refractivity contribution < 1.29 is 13.7 Å². The molecule has 1 aromatic heterocycles. The summed E-state index contributed by atoms with van der Waals surface area (Å²) < 4.78 is 17.8. The molecule has 2 fully saturated rings. The van der Waals surface area contributed by atoms with Crippen LogP contribution >= 0.6 is 0 Å². The molecule has 1 saturated carbocycles. The van der Waals surface area contributed by atoms with Crippen LogP contribution in [0.15, 0.2) is 34.9 Å². The quantitative estimate of drug-likeness (QED) is 0.773. The lowest BCUT2D eigenvalue weighted by Gasteiger charge is -2.13. The van der Waals surface area contributed by atoms with Crippen LogP contribution < -0.4 is 0 Å². The molecule has 98 valence electrons. The molecule has 2 aromatic rings. The predicted octanol–water partition coefficient (Wildman–Crippen LogP) is 3.22. The average Bonchev–Trinajstić information content (AvgIpc) is 2.78. The van der Waals surface area contributed by atoms with Crippen molar-refractivity contribution in [3.63, 3.8) is 0 Å². The Morgan fingerprint density at radius 3 is 2.58 bits per heavy atom. The van der Waals surface area contributed by atoms with Gasteiger partial charge in [0.25, 0.3) is 0 Å². The van der Waals surface area contributed by atoms with Crippen molar-refractivity contribution >= 4 is 18.1 Å². The number of fused-ring (bicyclic) bond motifs is 2. The average molecular weight is 256 g/mol. The third-order valence-electron chi connectivity index (χ3n) is 5.26. The maximum atomic E-state index is 6.10. The van der Waals surface area contributed by atoms with Gasteiger partial charge in [-0.25, -0.2) is 0 Å². The smallest absolute Gasteiger partial charge is 0.462 e. The van der Waals surface area contributed by atoms with E-state index in [-0.39, 0.29) is 18.3 Å². The van der Waals surface area contributed by atoms with Gasteiger partial charge in [-0.05, 0) is 25.5 Å². The van der Waals surface area contributed by atoms with E-state index >= 15 is 0 Å². The first kappa shape index (κ1) is 11.6. The number of para-hydroxylation sites is 1. The van der Waals surface area contributed by atoms with Crippen LogP contribution in [-0.4, -0.2) is 18.3 Å². The number of rotatable bonds is 2. The first-order chi connectivity index (χ1) is 9.04. The third kappa shape index (κ3) is 1.36. The highest BCUT2D eigenvalue weighted by atomic mass is 16.7. The molecule has 4 heteroatoms. The Hall–Kier alpha value is -1.26. The van der Waals surface area contributed by atoms with E-state index in [9.17, 15) is 0 Å². The second-order valence-electron chi connectivity index (χ2n) is 6.06. The summed E-state index contributed by atoms with van der Waals surface area (Å²) in [4.78, 5) is 0. The Morgan fingerprint density at radius 2 is 1.84 bits per heavy atom. The fraction of sp³-hybridized carbons (Fsp3) is 0.467. The highest BCUT2D eigenvalue weighted by Crippen LogP contribution is 2.63. The van der Waals surface area contributed by atoms with E-state index < -0.39 is 0 Å². The minimum Gasteiger partial charge on any atom is -0.464 e. The van der Waals surface area contributed by atoms with Crippen molar-refractivity contribution in [1.82, 2.24) is 0 Å². The summed E-state index contributed by atoms with van der Waals surface area (Å²) in [6.45, 7) is 6.47. The molecule has 2 unspecified atom stereocenters. The predicted molar refractivity (Wildman–Crippen MR) is 73.8 cm³/mol. The van der Waals surface area contributed by atoms with Crippen LogP contribution in [0.5, 0.6) is 0 Å². The number of hydrogen-bond donors (Lipinski definition) is 0. The van der Waals surface area contributed by atoms with Crippen molar-refractivity contribution in [1.29, 1.82) is 0 Å². The molecule has 1 saturated heterocycles. The first-order valence-corrected chi connectivity index (χ1v) is 6.85. The maximum Gasteiger partial charge on any atom is 0.462 e. The van der Waals surface area contributed by atoms with Crippen molar-refractivity contribution in [2.45, 2.75) is 38.3 Å². The first-order valence-electron chi connectivity index (χ1n) is 6.85. The minimum atomic E-state index is -0.160. The van der Waals surface area contributed by atoms with Crippen molar-refractivity contribution in [2.75, 3.05) is 0 Å². The highest BCUT2D eigenvalue weighted by Gasteiger charge is 2.76. The summed E-state index contributed by atoms with van der Waals surface area (Å²) in [5.41, 5.74) is 1.85. The summed E-state index contributed by atoms with van der Waals surface area (Å²) in [5, 5.41) is 1.15. The normalized spacial score (nSPS) is 36.8. The van der Waals surface area contributed by atoms with Gasteiger partial charge < -0.3 is 13.7 Å². The van der Waals surface area contributed by atoms with Gasteiger partial charge >= 0.3 is 7.12 Å². The van der Waals surface area contributed by atoms with Gasteiger partial charge in [-0.1, -0.05) is 25.1 Å². The molecule has 1 aliphatic heterocycles. The fourth-order valence-corrected chi connectivity index (χ4v) is 3.44. The second kappa shape index (κ2) is 3.44. The molecule has 2 heterocycles. The molecule has 19 heavy (non-hydrogen) atoms. The SMILES string of the molecule is CC1C2(C)OB(Cc3coc4ccccc34)OC12C. The van der Waals surface area contributed by atoms with Gasteiger partial charge in [0.05, 0.1) is 17.5 Å². The van der Waals surface area contributed by atoms with Crippen LogP contribution in [0, 0.1) is 5.92 Å². The molecule has 1 aliphatic carbocycles. The van der Waals surface area contributed by atoms with Gasteiger partial charge in [-0.3, -0.25) is 0 Å². The Morgan fingerprint density at radius 1 is 1.16 bits per heavy atom. The van der Waals surface area contributed by atoms with Gasteiger partial charge in [0.1, 0.15) is 5.58 Å². The van der Waals surface area contributed by atoms with E-state index in [2.05, 4.69) is 26.8 Å². The van der Waals surface area contributed by atoms with Crippen LogP contribution in [0.3, 0.4) is 0 Å². The lowest BCUT2D eigenvalue weighted by molar-refractivity contribution is 0.187. The van der Waals surface area contributed by atoms with Crippen molar-refractivity contribution in [3.05, 3.63) is 36.1 Å². The number of hydrogen-bond acceptors (Lipinski definition) is 3. The Labute approximate surface area is 113 Å². The Bertz CT molecular complexity index is 634. The summed E-state index contributed by atoms with van der Waals surface area (Å²) >= 11 is 0. The van der Waals surface area contributed by atoms with Gasteiger partial charge in [0, 0.05) is 17.6 Å². The number of furan rings is 1. The van der Waals surface area contributed by atoms with Crippen molar-refractivity contribution in [2.24, 2.45) is 5.92 Å². The zero-order valence-electron chi connectivity index (χ0n) is 11.5. The van der Waals surface area contributed by atoms with E-state index in [0.717, 1.165) is 22.9 Å². The second-order valence-corrected chi connectivity index (χ2v) is 6.06. The van der Waals surface area contributed by atoms with Gasteiger partial charge in [-0.2, -0.15) is 0 Å². The Balaban J connectivity index is 1.58. The summed E-state index contributed by atoms with van der Waals surface area (Å²) in [6, 6.07) is 8.07. The van der Waals surface area contributed by atoms with E-state index in [0.29, 0.717) is 5.92 Å². The molecule has 2 aliphatic rings. The van der Waals surface area contributed by atoms with E-state index in [4.69, 9.17) is 13.7 Å². The lowest BCUT2D eigenvalue weighted by Crippen LogP contribution is -2.27. The van der Waals surface area contributed by atoms with E-state index in [1.165, 1.54) is 0 Å². The number of benzene rings is 1. The van der Waals surface area contributed by atoms with Gasteiger partial charge in [0.2, 0.25) is 0 Å². The van der Waals surface area contributed by atoms with Crippen LogP contribution in [-0.2, 0) is 15.6 Å². The topological polar surface area (TPSA) is 31.6 Å². The molecule has 1 aromatic carbocycles. The summed E-state index contributed by atoms with van der Waals surface area (Å²) in [5.74, 6) is 0.470. The van der Waals surface area contributed by atoms with Crippen molar-refractivity contribution in [3.8, 4) is 0 Å². The molecule has 2 atom stereocenters. The largest absolute Gasteiger partial charge is 0.464 e. The zero-order chi connectivity index (χ0) is 13.3. The standard InChI is InChI=1S/C15H17BO3/c1-10-14(2)15(10,3)19-16(18-14)8-11-9-17-13-7-5-4-6-12(11)13/h4-7,9-10H,8H2,1-3H3. The molecule has 4 rings (SSSR count). The summed E-state index contributed by atoms with van der Waals surface area (Å²) in [7, 11) is -0.160. The van der Waals surface area contributed by atoms with Crippen LogP contribution in [0.4, 0.5) is 0 Å². The monoisotopic (exact) mass is 256 g/mol. The van der Waals surface area contributed by atoms with Crippen LogP contribution in [0.2, 0.25) is 0 Å². The highest BCUT2D eigenvalue weighted by molar-refractivity contribution is 6.45. The van der Waals surface area contributed by atoms with E-state index in [1.807, 2.05) is 24.5 Å². The maximum absolute atomic E-state index is 6.10. The zero-order valence-corrected chi connectivity index (χ0v) is 11.5. The molecule has 0 amide bonds. The fourth-order valence-electron chi connectivity index (χ4n) is 3.44. The molecular weight excluding hydrogens is 239 g/mol. The molecule has 0 spiro atoms. The molecule has 0 radical (unpaired) electrons. The van der Waals surface area contributed by atoms with E-state index in [1.54, 1.807) is 0 Å². The van der Waals surface area contributed by atoms with Gasteiger partial charge in [-0.15, -0.1) is 0 Å². The molecule has 3 nitrogen and oxygen atoms in total. The van der Waals surface area contributed by atoms with Gasteiger partial charge in [0.15, 0.2) is 0 Å². The minimum absolute atomic E-state index is 0.114. The van der Waals surface area contributed by atoms with Crippen LogP contribution in [0.25, 0.3) is 11.0 Å². The molecule has 0 bridgehead atoms. The third-order valence-corrected chi connectivity index (χ3v) is 5.26. The lowest BCUT2D eigenvalue weighted by atomic mass is 9.80.